The van der Waals surface area contributed by atoms with E-state index in [0.717, 1.165) is 24.8 Å². The fourth-order valence-corrected chi connectivity index (χ4v) is 3.67. The zero-order chi connectivity index (χ0) is 16.1. The third-order valence-electron chi connectivity index (χ3n) is 3.67. The number of guanidine groups is 1. The summed E-state index contributed by atoms with van der Waals surface area (Å²) >= 11 is 2.03. The Morgan fingerprint density at radius 3 is 2.95 bits per heavy atom. The lowest BCUT2D eigenvalue weighted by molar-refractivity contribution is 0.0972. The lowest BCUT2D eigenvalue weighted by atomic mass is 10.1. The third kappa shape index (κ3) is 4.19. The van der Waals surface area contributed by atoms with Gasteiger partial charge in [0.2, 0.25) is 0 Å². The van der Waals surface area contributed by atoms with E-state index in [-0.39, 0.29) is 5.76 Å². The minimum atomic E-state index is -0.552. The first-order valence-corrected chi connectivity index (χ1v) is 8.52. The van der Waals surface area contributed by atoms with Crippen molar-refractivity contribution in [3.8, 4) is 0 Å². The molecule has 0 bridgehead atoms. The Labute approximate surface area is 135 Å². The molecule has 22 heavy (non-hydrogen) atoms. The summed E-state index contributed by atoms with van der Waals surface area (Å²) in [6.45, 7) is 6.97. The van der Waals surface area contributed by atoms with Crippen molar-refractivity contribution >= 4 is 23.6 Å². The minimum absolute atomic E-state index is 0.182. The Hall–Kier alpha value is -1.63. The largest absolute Gasteiger partial charge is 0.454 e. The lowest BCUT2D eigenvalue weighted by Gasteiger charge is -2.36. The molecule has 0 aliphatic carbocycles. The van der Waals surface area contributed by atoms with Gasteiger partial charge >= 0.3 is 0 Å². The Morgan fingerprint density at radius 2 is 2.36 bits per heavy atom. The van der Waals surface area contributed by atoms with E-state index in [2.05, 4.69) is 29.1 Å². The number of nitrogens with one attached hydrogen (secondary N) is 1. The highest BCUT2D eigenvalue weighted by molar-refractivity contribution is 8.00. The van der Waals surface area contributed by atoms with E-state index >= 15 is 0 Å². The van der Waals surface area contributed by atoms with Crippen LogP contribution in [0, 0.1) is 5.92 Å². The molecule has 6 nitrogen and oxygen atoms in total. The van der Waals surface area contributed by atoms with E-state index in [1.54, 1.807) is 19.2 Å². The summed E-state index contributed by atoms with van der Waals surface area (Å²) in [7, 11) is 1.78. The highest BCUT2D eigenvalue weighted by Crippen LogP contribution is 2.24. The molecule has 0 aromatic carbocycles. The van der Waals surface area contributed by atoms with Gasteiger partial charge in [-0.3, -0.25) is 9.79 Å². The van der Waals surface area contributed by atoms with Gasteiger partial charge in [0.1, 0.15) is 5.76 Å². The Kier molecular flexibility index (Phi) is 5.76. The van der Waals surface area contributed by atoms with Gasteiger partial charge in [-0.05, 0) is 18.1 Å². The van der Waals surface area contributed by atoms with Crippen LogP contribution in [-0.2, 0) is 6.54 Å². The molecule has 0 saturated carbocycles. The molecule has 1 saturated heterocycles. The number of hydrogen-bond donors (Lipinski definition) is 2. The maximum atomic E-state index is 11.0. The number of rotatable bonds is 4. The van der Waals surface area contributed by atoms with E-state index in [4.69, 9.17) is 10.2 Å². The van der Waals surface area contributed by atoms with Gasteiger partial charge in [0.15, 0.2) is 11.7 Å². The van der Waals surface area contributed by atoms with Crippen molar-refractivity contribution < 1.29 is 9.21 Å². The lowest BCUT2D eigenvalue weighted by Crippen LogP contribution is -2.48. The van der Waals surface area contributed by atoms with Crippen molar-refractivity contribution in [2.24, 2.45) is 16.6 Å². The smallest absolute Gasteiger partial charge is 0.284 e. The van der Waals surface area contributed by atoms with Crippen molar-refractivity contribution in [2.45, 2.75) is 25.6 Å². The van der Waals surface area contributed by atoms with Crippen LogP contribution >= 0.6 is 11.8 Å². The molecule has 122 valence electrons. The number of aliphatic imine (C=N–C) groups is 1. The van der Waals surface area contributed by atoms with Gasteiger partial charge in [0.25, 0.3) is 5.91 Å². The molecular weight excluding hydrogens is 300 g/mol. The number of thioether (sulfide) groups is 1. The van der Waals surface area contributed by atoms with E-state index in [9.17, 15) is 4.79 Å². The molecule has 1 aromatic rings. The van der Waals surface area contributed by atoms with Crippen LogP contribution in [0.2, 0.25) is 0 Å². The summed E-state index contributed by atoms with van der Waals surface area (Å²) in [4.78, 5) is 17.7. The number of carbonyl (C=O) groups excluding carboxylic acids is 1. The molecule has 1 atom stereocenters. The van der Waals surface area contributed by atoms with Crippen LogP contribution in [-0.4, -0.2) is 47.9 Å². The first-order valence-electron chi connectivity index (χ1n) is 7.47. The van der Waals surface area contributed by atoms with Crippen LogP contribution in [0.25, 0.3) is 0 Å². The van der Waals surface area contributed by atoms with E-state index < -0.39 is 5.91 Å². The Bertz CT molecular complexity index is 541. The molecule has 0 radical (unpaired) electrons. The number of nitrogens with zero attached hydrogens (tertiary/aromatic N) is 2. The van der Waals surface area contributed by atoms with Crippen LogP contribution in [0.15, 0.2) is 21.5 Å². The molecule has 1 aliphatic heterocycles. The maximum Gasteiger partial charge on any atom is 0.284 e. The summed E-state index contributed by atoms with van der Waals surface area (Å²) in [5, 5.41) is 3.91. The molecular formula is C15H24N4O2S. The molecule has 7 heteroatoms. The summed E-state index contributed by atoms with van der Waals surface area (Å²) in [6.07, 6.45) is 0. The first kappa shape index (κ1) is 16.7. The topological polar surface area (TPSA) is 83.9 Å². The minimum Gasteiger partial charge on any atom is -0.454 e. The predicted octanol–water partition coefficient (Wildman–Crippen LogP) is 1.53. The normalized spacial score (nSPS) is 19.5. The second-order valence-electron chi connectivity index (χ2n) is 5.63. The molecule has 1 unspecified atom stereocenters. The summed E-state index contributed by atoms with van der Waals surface area (Å²) in [5.74, 6) is 2.92. The maximum absolute atomic E-state index is 11.0. The SMILES string of the molecule is CN=C(NCc1ccc(C(N)=O)o1)N1CCSC(C(C)C)C1. The number of carbonyl (C=O) groups is 1. The first-order chi connectivity index (χ1) is 10.5. The second-order valence-corrected chi connectivity index (χ2v) is 6.98. The van der Waals surface area contributed by atoms with Gasteiger partial charge in [-0.25, -0.2) is 0 Å². The zero-order valence-electron chi connectivity index (χ0n) is 13.3. The molecule has 3 N–H and O–H groups in total. The van der Waals surface area contributed by atoms with Gasteiger partial charge in [-0.1, -0.05) is 13.8 Å². The van der Waals surface area contributed by atoms with Crippen molar-refractivity contribution in [1.82, 2.24) is 10.2 Å². The standard InChI is InChI=1S/C15H24N4O2S/c1-10(2)13-9-19(6-7-22-13)15(17-3)18-8-11-4-5-12(21-11)14(16)20/h4-5,10,13H,6-9H2,1-3H3,(H2,16,20)(H,17,18). The summed E-state index contributed by atoms with van der Waals surface area (Å²) in [5.41, 5.74) is 5.18. The summed E-state index contributed by atoms with van der Waals surface area (Å²) < 4.78 is 5.37. The average Bonchev–Trinajstić information content (AvgIpc) is 2.97. The fraction of sp³-hybridized carbons (Fsp3) is 0.600. The molecule has 0 spiro atoms. The van der Waals surface area contributed by atoms with Crippen LogP contribution in [0.4, 0.5) is 0 Å². The van der Waals surface area contributed by atoms with Gasteiger partial charge < -0.3 is 20.4 Å². The van der Waals surface area contributed by atoms with Crippen molar-refractivity contribution in [3.63, 3.8) is 0 Å². The fourth-order valence-electron chi connectivity index (χ4n) is 2.37. The van der Waals surface area contributed by atoms with Gasteiger partial charge in [0.05, 0.1) is 6.54 Å². The number of primary amides is 1. The van der Waals surface area contributed by atoms with E-state index in [1.807, 2.05) is 11.8 Å². The molecule has 1 amide bonds. The van der Waals surface area contributed by atoms with Crippen LogP contribution in [0.3, 0.4) is 0 Å². The quantitative estimate of drug-likeness (QED) is 0.648. The van der Waals surface area contributed by atoms with Crippen LogP contribution in [0.1, 0.15) is 30.2 Å². The summed E-state index contributed by atoms with van der Waals surface area (Å²) in [6, 6.07) is 3.35. The molecule has 2 rings (SSSR count). The van der Waals surface area contributed by atoms with Gasteiger partial charge in [-0.2, -0.15) is 11.8 Å². The van der Waals surface area contributed by atoms with Gasteiger partial charge in [0, 0.05) is 31.1 Å². The molecule has 1 fully saturated rings. The highest BCUT2D eigenvalue weighted by Gasteiger charge is 2.24. The Morgan fingerprint density at radius 1 is 1.59 bits per heavy atom. The van der Waals surface area contributed by atoms with Crippen LogP contribution in [0.5, 0.6) is 0 Å². The highest BCUT2D eigenvalue weighted by atomic mass is 32.2. The van der Waals surface area contributed by atoms with Crippen molar-refractivity contribution in [3.05, 3.63) is 23.7 Å². The predicted molar refractivity (Wildman–Crippen MR) is 90.1 cm³/mol. The van der Waals surface area contributed by atoms with Crippen molar-refractivity contribution in [1.29, 1.82) is 0 Å². The number of amides is 1. The number of furan rings is 1. The van der Waals surface area contributed by atoms with Gasteiger partial charge in [-0.15, -0.1) is 0 Å². The molecule has 1 aromatic heterocycles. The number of hydrogen-bond acceptors (Lipinski definition) is 4. The molecule has 2 heterocycles. The van der Waals surface area contributed by atoms with E-state index in [0.29, 0.717) is 23.5 Å². The zero-order valence-corrected chi connectivity index (χ0v) is 14.2. The average molecular weight is 324 g/mol. The van der Waals surface area contributed by atoms with Crippen LogP contribution < -0.4 is 11.1 Å². The van der Waals surface area contributed by atoms with Crippen molar-refractivity contribution in [2.75, 3.05) is 25.9 Å². The van der Waals surface area contributed by atoms with E-state index in [1.165, 1.54) is 0 Å². The Balaban J connectivity index is 1.93. The number of nitrogens with two attached hydrogens (primary N) is 1. The molecule has 1 aliphatic rings. The third-order valence-corrected chi connectivity index (χ3v) is 5.21. The second kappa shape index (κ2) is 7.58. The monoisotopic (exact) mass is 324 g/mol.